The monoisotopic (exact) mass is 155 g/mol. The van der Waals surface area contributed by atoms with Gasteiger partial charge in [0.1, 0.15) is 0 Å². The zero-order valence-electron chi connectivity index (χ0n) is 2.60. The Hall–Kier alpha value is 0.629. The Kier molecular flexibility index (Phi) is 4.49. The van der Waals surface area contributed by atoms with Crippen molar-refractivity contribution >= 4 is 6.29 Å². The number of hydrogen-bond donors (Lipinski definition) is 2. The van der Waals surface area contributed by atoms with Gasteiger partial charge in [-0.2, -0.15) is 0 Å². The standard InChI is InChI=1S/Fe.HO3P.H2O/c;1-4(2)3;/h;(H-,1,2,3);1H2/q-1;;/p+1. The van der Waals surface area contributed by atoms with E-state index in [1.165, 1.54) is 0 Å². The summed E-state index contributed by atoms with van der Waals surface area (Å²) in [6.07, 6.45) is -3.89. The first-order valence-corrected chi connectivity index (χ1v) is 3.70. The molecule has 0 saturated heterocycles. The SMILES string of the molecule is O.O=[P](O)(O)[Fe]. The molecule has 0 aromatic heterocycles. The van der Waals surface area contributed by atoms with Gasteiger partial charge in [-0.25, -0.2) is 0 Å². The van der Waals surface area contributed by atoms with Crippen LogP contribution in [0.2, 0.25) is 0 Å². The van der Waals surface area contributed by atoms with Crippen molar-refractivity contribution in [3.63, 3.8) is 0 Å². The van der Waals surface area contributed by atoms with Crippen LogP contribution in [0.1, 0.15) is 0 Å². The first kappa shape index (κ1) is 9.80. The molecule has 0 spiro atoms. The van der Waals surface area contributed by atoms with Crippen molar-refractivity contribution in [2.75, 3.05) is 0 Å². The topological polar surface area (TPSA) is 89.0 Å². The molecule has 4 nitrogen and oxygen atoms in total. The molecule has 0 rings (SSSR count). The molecule has 41 valence electrons. The fourth-order valence-electron chi connectivity index (χ4n) is 0. The third kappa shape index (κ3) is 154. The van der Waals surface area contributed by atoms with E-state index >= 15 is 0 Å². The van der Waals surface area contributed by atoms with Crippen molar-refractivity contribution in [3.8, 4) is 0 Å². The van der Waals surface area contributed by atoms with Crippen LogP contribution in [0.15, 0.2) is 0 Å². The summed E-state index contributed by atoms with van der Waals surface area (Å²) >= 11 is 2.44. The Balaban J connectivity index is 0. The first-order valence-electron chi connectivity index (χ1n) is 0.741. The Bertz CT molecular complexity index is 53.7. The second-order valence-corrected chi connectivity index (χ2v) is 3.31. The summed E-state index contributed by atoms with van der Waals surface area (Å²) in [4.78, 5) is 15.0. The molecular weight excluding hydrogens is 151 g/mol. The van der Waals surface area contributed by atoms with Gasteiger partial charge in [-0.05, 0) is 0 Å². The van der Waals surface area contributed by atoms with Gasteiger partial charge in [0, 0.05) is 0 Å². The van der Waals surface area contributed by atoms with Crippen molar-refractivity contribution < 1.29 is 35.4 Å². The van der Waals surface area contributed by atoms with E-state index < -0.39 is 6.29 Å². The van der Waals surface area contributed by atoms with Gasteiger partial charge >= 0.3 is 36.2 Å². The number of rotatable bonds is 0. The maximum atomic E-state index is 9.22. The zero-order valence-corrected chi connectivity index (χ0v) is 4.60. The molecule has 0 saturated carbocycles. The van der Waals surface area contributed by atoms with Gasteiger partial charge in [-0.1, -0.05) is 0 Å². The van der Waals surface area contributed by atoms with Gasteiger partial charge in [-0.15, -0.1) is 0 Å². The van der Waals surface area contributed by atoms with Crippen molar-refractivity contribution in [1.82, 2.24) is 0 Å². The molecule has 0 unspecified atom stereocenters. The van der Waals surface area contributed by atoms with Crippen LogP contribution in [0, 0.1) is 0 Å². The summed E-state index contributed by atoms with van der Waals surface area (Å²) in [5.74, 6) is 0. The second-order valence-electron chi connectivity index (χ2n) is 0.459. The van der Waals surface area contributed by atoms with Gasteiger partial charge in [-0.3, -0.25) is 0 Å². The molecule has 0 atom stereocenters. The van der Waals surface area contributed by atoms with E-state index in [2.05, 4.69) is 15.6 Å². The Morgan fingerprint density at radius 1 is 1.50 bits per heavy atom. The first-order chi connectivity index (χ1) is 2.00. The van der Waals surface area contributed by atoms with Crippen LogP contribution in [0.5, 0.6) is 0 Å². The van der Waals surface area contributed by atoms with Crippen LogP contribution in [0.3, 0.4) is 0 Å². The summed E-state index contributed by atoms with van der Waals surface area (Å²) in [6.45, 7) is 0. The molecule has 0 radical (unpaired) electrons. The molecule has 0 fully saturated rings. The van der Waals surface area contributed by atoms with E-state index in [1.807, 2.05) is 0 Å². The summed E-state index contributed by atoms with van der Waals surface area (Å²) in [5.41, 5.74) is 0. The molecule has 0 aromatic carbocycles. The number of hydrogen-bond acceptors (Lipinski definition) is 1. The molecule has 6 heavy (non-hydrogen) atoms. The van der Waals surface area contributed by atoms with E-state index in [9.17, 15) is 4.57 Å². The van der Waals surface area contributed by atoms with Gasteiger partial charge in [0.05, 0.1) is 0 Å². The van der Waals surface area contributed by atoms with Crippen LogP contribution >= 0.6 is 6.29 Å². The minimum atomic E-state index is -3.89. The molecular formula is H4FeO4P. The molecule has 0 aliphatic rings. The van der Waals surface area contributed by atoms with E-state index in [-0.39, 0.29) is 5.48 Å². The molecule has 0 bridgehead atoms. The van der Waals surface area contributed by atoms with Crippen molar-refractivity contribution in [2.45, 2.75) is 0 Å². The molecule has 4 N–H and O–H groups in total. The predicted octanol–water partition coefficient (Wildman–Crippen LogP) is -1.20. The minimum absolute atomic E-state index is 0. The van der Waals surface area contributed by atoms with Crippen molar-refractivity contribution in [2.24, 2.45) is 0 Å². The zero-order chi connectivity index (χ0) is 4.50. The summed E-state index contributed by atoms with van der Waals surface area (Å²) < 4.78 is 9.22. The summed E-state index contributed by atoms with van der Waals surface area (Å²) in [6, 6.07) is 0. The average Bonchev–Trinajstić information content (AvgIpc) is 0.722. The summed E-state index contributed by atoms with van der Waals surface area (Å²) in [7, 11) is 0. The summed E-state index contributed by atoms with van der Waals surface area (Å²) in [5, 5.41) is 0. The molecule has 0 amide bonds. The van der Waals surface area contributed by atoms with E-state index in [0.717, 1.165) is 0 Å². The van der Waals surface area contributed by atoms with E-state index in [4.69, 9.17) is 9.79 Å². The molecule has 0 aliphatic heterocycles. The predicted molar refractivity (Wildman–Crippen MR) is 15.7 cm³/mol. The van der Waals surface area contributed by atoms with Crippen LogP contribution in [0.25, 0.3) is 0 Å². The van der Waals surface area contributed by atoms with Gasteiger partial charge in [0.15, 0.2) is 0 Å². The van der Waals surface area contributed by atoms with Crippen molar-refractivity contribution in [1.29, 1.82) is 0 Å². The Labute approximate surface area is 42.4 Å². The normalized spacial score (nSPS) is 9.83. The third-order valence-electron chi connectivity index (χ3n) is 0. The third-order valence-corrected chi connectivity index (χ3v) is 0. The molecule has 0 aromatic rings. The van der Waals surface area contributed by atoms with E-state index in [0.29, 0.717) is 0 Å². The quantitative estimate of drug-likeness (QED) is 0.340. The van der Waals surface area contributed by atoms with Gasteiger partial charge < -0.3 is 5.48 Å². The fourth-order valence-corrected chi connectivity index (χ4v) is 0. The van der Waals surface area contributed by atoms with Crippen molar-refractivity contribution in [3.05, 3.63) is 0 Å². The maximum absolute atomic E-state index is 9.22. The van der Waals surface area contributed by atoms with Gasteiger partial charge in [0.25, 0.3) is 0 Å². The van der Waals surface area contributed by atoms with Crippen LogP contribution in [-0.2, 0) is 20.1 Å². The van der Waals surface area contributed by atoms with Crippen LogP contribution < -0.4 is 0 Å². The van der Waals surface area contributed by atoms with Crippen LogP contribution in [0.4, 0.5) is 0 Å². The fraction of sp³-hybridized carbons (Fsp3) is 0. The molecule has 0 heterocycles. The second kappa shape index (κ2) is 2.75. The Morgan fingerprint density at radius 3 is 1.50 bits per heavy atom. The van der Waals surface area contributed by atoms with Gasteiger partial charge in [0.2, 0.25) is 0 Å². The van der Waals surface area contributed by atoms with E-state index in [1.54, 1.807) is 0 Å². The Morgan fingerprint density at radius 2 is 1.50 bits per heavy atom. The van der Waals surface area contributed by atoms with Crippen LogP contribution in [-0.4, -0.2) is 15.3 Å². The molecule has 6 heteroatoms. The average molecular weight is 155 g/mol. The molecule has 0 aliphatic carbocycles.